The number of methoxy groups -OCH3 is 1. The predicted molar refractivity (Wildman–Crippen MR) is 54.0 cm³/mol. The van der Waals surface area contributed by atoms with Crippen LogP contribution in [-0.4, -0.2) is 12.2 Å². The molecule has 0 amide bonds. The minimum atomic E-state index is -0.0318. The number of ether oxygens (including phenoxy) is 1. The summed E-state index contributed by atoms with van der Waals surface area (Å²) in [6.45, 7) is 6.63. The van der Waals surface area contributed by atoms with E-state index in [1.54, 1.807) is 7.11 Å². The molecule has 1 aromatic rings. The predicted octanol–water partition coefficient (Wildman–Crippen LogP) is 2.22. The van der Waals surface area contributed by atoms with Crippen LogP contribution in [0.1, 0.15) is 37.9 Å². The Kier molecular flexibility index (Phi) is 3.34. The van der Waals surface area contributed by atoms with Crippen LogP contribution in [0, 0.1) is 0 Å². The minimum Gasteiger partial charge on any atom is -0.463 e. The standard InChI is InChI=1S/C11H18O3/c1-11(2,3)10-5-8(6-12)9(14-10)7-13-4/h5,12H,6-7H2,1-4H3. The first-order valence-corrected chi connectivity index (χ1v) is 4.71. The van der Waals surface area contributed by atoms with Crippen LogP contribution < -0.4 is 0 Å². The van der Waals surface area contributed by atoms with Crippen molar-refractivity contribution in [3.8, 4) is 0 Å². The van der Waals surface area contributed by atoms with Crippen molar-refractivity contribution in [2.45, 2.75) is 39.4 Å². The number of furan rings is 1. The van der Waals surface area contributed by atoms with Gasteiger partial charge in [-0.2, -0.15) is 0 Å². The van der Waals surface area contributed by atoms with E-state index in [9.17, 15) is 0 Å². The van der Waals surface area contributed by atoms with Gasteiger partial charge in [-0.05, 0) is 6.07 Å². The second-order valence-corrected chi connectivity index (χ2v) is 4.40. The van der Waals surface area contributed by atoms with Gasteiger partial charge in [0.25, 0.3) is 0 Å². The lowest BCUT2D eigenvalue weighted by Gasteiger charge is -2.13. The van der Waals surface area contributed by atoms with Gasteiger partial charge in [0.15, 0.2) is 0 Å². The van der Waals surface area contributed by atoms with E-state index in [2.05, 4.69) is 20.8 Å². The second-order valence-electron chi connectivity index (χ2n) is 4.40. The lowest BCUT2D eigenvalue weighted by Crippen LogP contribution is -2.09. The average molecular weight is 198 g/mol. The van der Waals surface area contributed by atoms with Gasteiger partial charge in [0.1, 0.15) is 18.1 Å². The molecule has 3 heteroatoms. The van der Waals surface area contributed by atoms with Crippen LogP contribution in [0.3, 0.4) is 0 Å². The number of rotatable bonds is 3. The molecule has 0 fully saturated rings. The number of hydrogen-bond donors (Lipinski definition) is 1. The third kappa shape index (κ3) is 2.36. The maximum absolute atomic E-state index is 9.11. The van der Waals surface area contributed by atoms with Crippen molar-refractivity contribution in [3.05, 3.63) is 23.2 Å². The molecule has 0 unspecified atom stereocenters. The van der Waals surface area contributed by atoms with Crippen LogP contribution in [0.5, 0.6) is 0 Å². The number of aliphatic hydroxyl groups is 1. The van der Waals surface area contributed by atoms with Gasteiger partial charge in [-0.3, -0.25) is 0 Å². The fraction of sp³-hybridized carbons (Fsp3) is 0.636. The van der Waals surface area contributed by atoms with Crippen molar-refractivity contribution in [1.29, 1.82) is 0 Å². The van der Waals surface area contributed by atoms with E-state index < -0.39 is 0 Å². The first-order chi connectivity index (χ1) is 6.49. The van der Waals surface area contributed by atoms with Crippen molar-refractivity contribution < 1.29 is 14.3 Å². The van der Waals surface area contributed by atoms with Gasteiger partial charge >= 0.3 is 0 Å². The smallest absolute Gasteiger partial charge is 0.135 e. The van der Waals surface area contributed by atoms with Crippen LogP contribution >= 0.6 is 0 Å². The van der Waals surface area contributed by atoms with E-state index in [4.69, 9.17) is 14.3 Å². The molecule has 0 bridgehead atoms. The van der Waals surface area contributed by atoms with Crippen LogP contribution in [0.15, 0.2) is 10.5 Å². The van der Waals surface area contributed by atoms with Gasteiger partial charge in [-0.25, -0.2) is 0 Å². The Hall–Kier alpha value is -0.800. The summed E-state index contributed by atoms with van der Waals surface area (Å²) in [6, 6.07) is 1.90. The molecule has 3 nitrogen and oxygen atoms in total. The van der Waals surface area contributed by atoms with Crippen molar-refractivity contribution in [2.24, 2.45) is 0 Å². The van der Waals surface area contributed by atoms with E-state index in [-0.39, 0.29) is 12.0 Å². The first-order valence-electron chi connectivity index (χ1n) is 4.71. The molecular weight excluding hydrogens is 180 g/mol. The lowest BCUT2D eigenvalue weighted by atomic mass is 9.93. The molecular formula is C11H18O3. The first kappa shape index (κ1) is 11.3. The summed E-state index contributed by atoms with van der Waals surface area (Å²) < 4.78 is 10.6. The van der Waals surface area contributed by atoms with Crippen molar-refractivity contribution in [2.75, 3.05) is 7.11 Å². The second kappa shape index (κ2) is 4.15. The van der Waals surface area contributed by atoms with E-state index in [0.717, 1.165) is 17.1 Å². The highest BCUT2D eigenvalue weighted by Gasteiger charge is 2.21. The fourth-order valence-electron chi connectivity index (χ4n) is 1.22. The molecule has 0 spiro atoms. The highest BCUT2D eigenvalue weighted by atomic mass is 16.5. The van der Waals surface area contributed by atoms with Gasteiger partial charge in [0, 0.05) is 18.1 Å². The summed E-state index contributed by atoms with van der Waals surface area (Å²) >= 11 is 0. The van der Waals surface area contributed by atoms with Crippen LogP contribution in [0.4, 0.5) is 0 Å². The van der Waals surface area contributed by atoms with E-state index in [1.807, 2.05) is 6.07 Å². The number of aliphatic hydroxyl groups excluding tert-OH is 1. The molecule has 0 atom stereocenters. The topological polar surface area (TPSA) is 42.6 Å². The molecule has 0 radical (unpaired) electrons. The van der Waals surface area contributed by atoms with Gasteiger partial charge < -0.3 is 14.3 Å². The van der Waals surface area contributed by atoms with Crippen molar-refractivity contribution in [3.63, 3.8) is 0 Å². The normalized spacial score (nSPS) is 12.1. The molecule has 0 aliphatic rings. The maximum atomic E-state index is 9.11. The summed E-state index contributed by atoms with van der Waals surface area (Å²) in [5, 5.41) is 9.11. The molecule has 1 rings (SSSR count). The molecule has 1 aromatic heterocycles. The van der Waals surface area contributed by atoms with Gasteiger partial charge in [0.2, 0.25) is 0 Å². The molecule has 1 heterocycles. The Labute approximate surface area is 84.7 Å². The van der Waals surface area contributed by atoms with Crippen molar-refractivity contribution >= 4 is 0 Å². The largest absolute Gasteiger partial charge is 0.463 e. The Morgan fingerprint density at radius 2 is 2.07 bits per heavy atom. The van der Waals surface area contributed by atoms with E-state index >= 15 is 0 Å². The molecule has 1 N–H and O–H groups in total. The third-order valence-electron chi connectivity index (χ3n) is 2.08. The molecule has 0 aliphatic heterocycles. The molecule has 0 aromatic carbocycles. The lowest BCUT2D eigenvalue weighted by molar-refractivity contribution is 0.156. The molecule has 80 valence electrons. The Balaban J connectivity index is 3.00. The van der Waals surface area contributed by atoms with Crippen LogP contribution in [0.2, 0.25) is 0 Å². The zero-order valence-corrected chi connectivity index (χ0v) is 9.26. The maximum Gasteiger partial charge on any atom is 0.135 e. The van der Waals surface area contributed by atoms with Crippen molar-refractivity contribution in [1.82, 2.24) is 0 Å². The van der Waals surface area contributed by atoms with Gasteiger partial charge in [0.05, 0.1) is 6.61 Å². The Bertz CT molecular complexity index is 294. The molecule has 0 saturated carbocycles. The highest BCUT2D eigenvalue weighted by Crippen LogP contribution is 2.27. The van der Waals surface area contributed by atoms with Crippen LogP contribution in [-0.2, 0) is 23.4 Å². The quantitative estimate of drug-likeness (QED) is 0.809. The fourth-order valence-corrected chi connectivity index (χ4v) is 1.22. The summed E-state index contributed by atoms with van der Waals surface area (Å²) in [4.78, 5) is 0. The minimum absolute atomic E-state index is 0.00171. The highest BCUT2D eigenvalue weighted by molar-refractivity contribution is 5.24. The SMILES string of the molecule is COCc1oc(C(C)(C)C)cc1CO. The summed E-state index contributed by atoms with van der Waals surface area (Å²) in [6.07, 6.45) is 0. The van der Waals surface area contributed by atoms with Gasteiger partial charge in [-0.1, -0.05) is 20.8 Å². The third-order valence-corrected chi connectivity index (χ3v) is 2.08. The summed E-state index contributed by atoms with van der Waals surface area (Å²) in [5.41, 5.74) is 0.785. The average Bonchev–Trinajstić information content (AvgIpc) is 2.47. The molecule has 14 heavy (non-hydrogen) atoms. The Morgan fingerprint density at radius 1 is 1.43 bits per heavy atom. The van der Waals surface area contributed by atoms with E-state index in [1.165, 1.54) is 0 Å². The molecule has 0 aliphatic carbocycles. The van der Waals surface area contributed by atoms with Crippen LogP contribution in [0.25, 0.3) is 0 Å². The number of hydrogen-bond acceptors (Lipinski definition) is 3. The molecule has 0 saturated heterocycles. The van der Waals surface area contributed by atoms with Gasteiger partial charge in [-0.15, -0.1) is 0 Å². The van der Waals surface area contributed by atoms with E-state index in [0.29, 0.717) is 6.61 Å². The summed E-state index contributed by atoms with van der Waals surface area (Å²) in [7, 11) is 1.61. The zero-order valence-electron chi connectivity index (χ0n) is 9.26. The Morgan fingerprint density at radius 3 is 2.50 bits per heavy atom. The zero-order chi connectivity index (χ0) is 10.8. The monoisotopic (exact) mass is 198 g/mol. The summed E-state index contributed by atoms with van der Waals surface area (Å²) in [5.74, 6) is 1.61.